The van der Waals surface area contributed by atoms with Crippen molar-refractivity contribution in [3.8, 4) is 0 Å². The second kappa shape index (κ2) is 12.2. The highest BCUT2D eigenvalue weighted by molar-refractivity contribution is 7.11. The molecular weight excluding hydrogens is 362 g/mol. The third-order valence-corrected chi connectivity index (χ3v) is 6.64. The summed E-state index contributed by atoms with van der Waals surface area (Å²) in [6, 6.07) is 6.86. The maximum atomic E-state index is 4.36. The molecule has 1 aromatic heterocycles. The SMILES string of the molecule is CCCCN(CCCCCc1nnc(C(C)C)s1)c1c(CC)cccc1CC. The zero-order valence-corrected chi connectivity index (χ0v) is 19.4. The molecule has 4 heteroatoms. The quantitative estimate of drug-likeness (QED) is 0.345. The minimum atomic E-state index is 0.491. The van der Waals surface area contributed by atoms with E-state index in [0.717, 1.165) is 25.8 Å². The van der Waals surface area contributed by atoms with Gasteiger partial charge in [-0.15, -0.1) is 21.5 Å². The molecule has 0 saturated heterocycles. The van der Waals surface area contributed by atoms with Gasteiger partial charge in [-0.2, -0.15) is 0 Å². The maximum absolute atomic E-state index is 4.36. The number of aryl methyl sites for hydroxylation is 3. The molecule has 0 spiro atoms. The van der Waals surface area contributed by atoms with Crippen molar-refractivity contribution in [1.82, 2.24) is 10.2 Å². The summed E-state index contributed by atoms with van der Waals surface area (Å²) in [7, 11) is 0. The van der Waals surface area contributed by atoms with E-state index in [1.807, 2.05) is 0 Å². The lowest BCUT2D eigenvalue weighted by Gasteiger charge is -2.29. The molecule has 0 aliphatic rings. The van der Waals surface area contributed by atoms with E-state index in [0.29, 0.717) is 5.92 Å². The molecule has 3 nitrogen and oxygen atoms in total. The molecule has 1 heterocycles. The Labute approximate surface area is 176 Å². The van der Waals surface area contributed by atoms with Crippen LogP contribution in [0.25, 0.3) is 0 Å². The van der Waals surface area contributed by atoms with Crippen LogP contribution < -0.4 is 4.90 Å². The van der Waals surface area contributed by atoms with Crippen LogP contribution in [0, 0.1) is 0 Å². The van der Waals surface area contributed by atoms with Crippen LogP contribution in [0.5, 0.6) is 0 Å². The average Bonchev–Trinajstić information content (AvgIpc) is 3.18. The second-order valence-electron chi connectivity index (χ2n) is 7.97. The first-order chi connectivity index (χ1) is 13.6. The van der Waals surface area contributed by atoms with Crippen molar-refractivity contribution in [2.24, 2.45) is 0 Å². The van der Waals surface area contributed by atoms with Crippen LogP contribution >= 0.6 is 11.3 Å². The van der Waals surface area contributed by atoms with Gasteiger partial charge in [-0.25, -0.2) is 0 Å². The average molecular weight is 402 g/mol. The molecule has 0 aliphatic carbocycles. The summed E-state index contributed by atoms with van der Waals surface area (Å²) in [6.07, 6.45) is 9.54. The molecule has 0 fully saturated rings. The van der Waals surface area contributed by atoms with E-state index in [-0.39, 0.29) is 0 Å². The standard InChI is InChI=1S/C24H39N3S/c1-6-9-17-27(23-20(7-2)14-13-15-21(23)8-3)18-12-10-11-16-22-25-26-24(28-22)19(4)5/h13-15,19H,6-12,16-18H2,1-5H3. The first-order valence-corrected chi connectivity index (χ1v) is 12.1. The van der Waals surface area contributed by atoms with Gasteiger partial charge in [-0.1, -0.05) is 65.7 Å². The van der Waals surface area contributed by atoms with E-state index >= 15 is 0 Å². The molecule has 0 atom stereocenters. The first kappa shape index (κ1) is 22.9. The Kier molecular flexibility index (Phi) is 9.97. The summed E-state index contributed by atoms with van der Waals surface area (Å²) in [4.78, 5) is 2.67. The minimum absolute atomic E-state index is 0.491. The van der Waals surface area contributed by atoms with E-state index in [4.69, 9.17) is 0 Å². The summed E-state index contributed by atoms with van der Waals surface area (Å²) in [5.41, 5.74) is 4.53. The zero-order valence-electron chi connectivity index (χ0n) is 18.6. The van der Waals surface area contributed by atoms with Gasteiger partial charge in [0.25, 0.3) is 0 Å². The fourth-order valence-corrected chi connectivity index (χ4v) is 4.55. The largest absolute Gasteiger partial charge is 0.371 e. The zero-order chi connectivity index (χ0) is 20.4. The number of benzene rings is 1. The van der Waals surface area contributed by atoms with Gasteiger partial charge in [0, 0.05) is 31.1 Å². The van der Waals surface area contributed by atoms with Crippen molar-refractivity contribution >= 4 is 17.0 Å². The van der Waals surface area contributed by atoms with Crippen LogP contribution in [-0.2, 0) is 19.3 Å². The molecule has 1 aromatic carbocycles. The molecule has 156 valence electrons. The molecule has 0 radical (unpaired) electrons. The van der Waals surface area contributed by atoms with Crippen molar-refractivity contribution in [1.29, 1.82) is 0 Å². The smallest absolute Gasteiger partial charge is 0.119 e. The van der Waals surface area contributed by atoms with Crippen LogP contribution in [0.1, 0.15) is 93.8 Å². The number of aromatic nitrogens is 2. The van der Waals surface area contributed by atoms with E-state index in [1.54, 1.807) is 11.3 Å². The highest BCUT2D eigenvalue weighted by Crippen LogP contribution is 2.28. The fourth-order valence-electron chi connectivity index (χ4n) is 3.66. The summed E-state index contributed by atoms with van der Waals surface area (Å²) in [6.45, 7) is 13.6. The highest BCUT2D eigenvalue weighted by Gasteiger charge is 2.14. The summed E-state index contributed by atoms with van der Waals surface area (Å²) in [5.74, 6) is 0.491. The molecule has 0 unspecified atom stereocenters. The Balaban J connectivity index is 1.92. The van der Waals surface area contributed by atoms with Crippen molar-refractivity contribution in [2.75, 3.05) is 18.0 Å². The van der Waals surface area contributed by atoms with Gasteiger partial charge in [0.2, 0.25) is 0 Å². The monoisotopic (exact) mass is 401 g/mol. The Hall–Kier alpha value is -1.42. The highest BCUT2D eigenvalue weighted by atomic mass is 32.1. The van der Waals surface area contributed by atoms with Gasteiger partial charge in [0.1, 0.15) is 10.0 Å². The Morgan fingerprint density at radius 3 is 2.14 bits per heavy atom. The van der Waals surface area contributed by atoms with E-state index < -0.39 is 0 Å². The normalized spacial score (nSPS) is 11.4. The lowest BCUT2D eigenvalue weighted by molar-refractivity contribution is 0.631. The van der Waals surface area contributed by atoms with Gasteiger partial charge in [0.05, 0.1) is 0 Å². The van der Waals surface area contributed by atoms with Crippen molar-refractivity contribution in [3.05, 3.63) is 39.3 Å². The number of nitrogens with zero attached hydrogens (tertiary/aromatic N) is 3. The van der Waals surface area contributed by atoms with Crippen LogP contribution in [0.3, 0.4) is 0 Å². The Morgan fingerprint density at radius 2 is 1.57 bits per heavy atom. The van der Waals surface area contributed by atoms with Crippen molar-refractivity contribution in [3.63, 3.8) is 0 Å². The molecule has 2 aromatic rings. The molecule has 0 saturated carbocycles. The third-order valence-electron chi connectivity index (χ3n) is 5.36. The molecule has 0 amide bonds. The van der Waals surface area contributed by atoms with E-state index in [2.05, 4.69) is 67.9 Å². The lowest BCUT2D eigenvalue weighted by atomic mass is 10.0. The Morgan fingerprint density at radius 1 is 0.893 bits per heavy atom. The van der Waals surface area contributed by atoms with Crippen molar-refractivity contribution in [2.45, 2.75) is 91.9 Å². The van der Waals surface area contributed by atoms with Crippen molar-refractivity contribution < 1.29 is 0 Å². The number of rotatable bonds is 13. The summed E-state index contributed by atoms with van der Waals surface area (Å²) < 4.78 is 0. The first-order valence-electron chi connectivity index (χ1n) is 11.3. The number of hydrogen-bond donors (Lipinski definition) is 0. The molecule has 0 aliphatic heterocycles. The van der Waals surface area contributed by atoms with Gasteiger partial charge in [-0.05, 0) is 43.2 Å². The van der Waals surface area contributed by atoms with Crippen LogP contribution in [0.2, 0.25) is 0 Å². The Bertz CT molecular complexity index is 671. The molecule has 2 rings (SSSR count). The maximum Gasteiger partial charge on any atom is 0.119 e. The number of hydrogen-bond acceptors (Lipinski definition) is 4. The van der Waals surface area contributed by atoms with E-state index in [9.17, 15) is 0 Å². The molecular formula is C24H39N3S. The van der Waals surface area contributed by atoms with Gasteiger partial charge >= 0.3 is 0 Å². The predicted molar refractivity (Wildman–Crippen MR) is 124 cm³/mol. The summed E-state index contributed by atoms with van der Waals surface area (Å²) in [5, 5.41) is 11.1. The number of para-hydroxylation sites is 1. The molecule has 28 heavy (non-hydrogen) atoms. The topological polar surface area (TPSA) is 29.0 Å². The molecule has 0 N–H and O–H groups in total. The van der Waals surface area contributed by atoms with Crippen LogP contribution in [-0.4, -0.2) is 23.3 Å². The van der Waals surface area contributed by atoms with Crippen LogP contribution in [0.4, 0.5) is 5.69 Å². The minimum Gasteiger partial charge on any atom is -0.371 e. The third kappa shape index (κ3) is 6.58. The summed E-state index contributed by atoms with van der Waals surface area (Å²) >= 11 is 1.79. The van der Waals surface area contributed by atoms with Crippen LogP contribution in [0.15, 0.2) is 18.2 Å². The van der Waals surface area contributed by atoms with Gasteiger partial charge in [0.15, 0.2) is 0 Å². The lowest BCUT2D eigenvalue weighted by Crippen LogP contribution is -2.28. The second-order valence-corrected chi connectivity index (χ2v) is 9.07. The van der Waals surface area contributed by atoms with Gasteiger partial charge in [-0.3, -0.25) is 0 Å². The van der Waals surface area contributed by atoms with E-state index in [1.165, 1.54) is 65.5 Å². The van der Waals surface area contributed by atoms with Gasteiger partial charge < -0.3 is 4.90 Å². The fraction of sp³-hybridized carbons (Fsp3) is 0.667. The predicted octanol–water partition coefficient (Wildman–Crippen LogP) is 6.81. The number of unbranched alkanes of at least 4 members (excludes halogenated alkanes) is 3. The number of anilines is 1. The molecule has 0 bridgehead atoms.